The average molecular weight is 437 g/mol. The average Bonchev–Trinajstić information content (AvgIpc) is 3.25. The fraction of sp³-hybridized carbons (Fsp3) is 0.619. The summed E-state index contributed by atoms with van der Waals surface area (Å²) in [5, 5.41) is 4.55. The van der Waals surface area contributed by atoms with Crippen molar-refractivity contribution in [1.29, 1.82) is 0 Å². The third-order valence-corrected chi connectivity index (χ3v) is 6.56. The molecule has 168 valence electrons. The maximum Gasteiger partial charge on any atom is 0.498 e. The van der Waals surface area contributed by atoms with Crippen molar-refractivity contribution in [2.45, 2.75) is 64.0 Å². The highest BCUT2D eigenvalue weighted by molar-refractivity contribution is 6.62. The van der Waals surface area contributed by atoms with Crippen LogP contribution in [0.15, 0.2) is 30.7 Å². The van der Waals surface area contributed by atoms with E-state index in [1.165, 1.54) is 12.3 Å². The van der Waals surface area contributed by atoms with Crippen LogP contribution in [0.3, 0.4) is 0 Å². The molecule has 2 fully saturated rings. The van der Waals surface area contributed by atoms with E-state index in [1.807, 2.05) is 33.9 Å². The molecule has 0 spiro atoms. The van der Waals surface area contributed by atoms with Gasteiger partial charge in [-0.15, -0.1) is 0 Å². The predicted octanol–water partition coefficient (Wildman–Crippen LogP) is 3.61. The molecule has 0 saturated carbocycles. The molecule has 6 nitrogen and oxygen atoms in total. The highest BCUT2D eigenvalue weighted by atomic mass is 19.4. The third-order valence-electron chi connectivity index (χ3n) is 6.56. The fourth-order valence-electron chi connectivity index (χ4n) is 4.03. The molecular weight excluding hydrogens is 410 g/mol. The summed E-state index contributed by atoms with van der Waals surface area (Å²) in [6.45, 7) is 9.15. The Morgan fingerprint density at radius 3 is 2.26 bits per heavy atom. The molecule has 0 aliphatic carbocycles. The van der Waals surface area contributed by atoms with Gasteiger partial charge in [-0.05, 0) is 58.1 Å². The maximum atomic E-state index is 13.0. The largest absolute Gasteiger partial charge is 0.498 e. The first kappa shape index (κ1) is 22.3. The van der Waals surface area contributed by atoms with Crippen molar-refractivity contribution in [3.8, 4) is 0 Å². The van der Waals surface area contributed by atoms with Crippen LogP contribution < -0.4 is 5.46 Å². The van der Waals surface area contributed by atoms with Gasteiger partial charge in [0.15, 0.2) is 0 Å². The summed E-state index contributed by atoms with van der Waals surface area (Å²) in [5.41, 5.74) is -0.395. The van der Waals surface area contributed by atoms with Crippen molar-refractivity contribution in [3.63, 3.8) is 0 Å². The number of hydrogen-bond acceptors (Lipinski definition) is 5. The number of hydrogen-bond donors (Lipinski definition) is 0. The topological polar surface area (TPSA) is 58.4 Å². The summed E-state index contributed by atoms with van der Waals surface area (Å²) < 4.78 is 58.4. The van der Waals surface area contributed by atoms with E-state index in [9.17, 15) is 13.2 Å². The molecule has 31 heavy (non-hydrogen) atoms. The van der Waals surface area contributed by atoms with Crippen molar-refractivity contribution in [2.24, 2.45) is 5.92 Å². The Morgan fingerprint density at radius 1 is 1.06 bits per heavy atom. The smallest absolute Gasteiger partial charge is 0.399 e. The predicted molar refractivity (Wildman–Crippen MR) is 109 cm³/mol. The minimum atomic E-state index is -4.47. The molecule has 1 atom stereocenters. The first-order valence-corrected chi connectivity index (χ1v) is 10.5. The number of alkyl halides is 3. The van der Waals surface area contributed by atoms with Gasteiger partial charge >= 0.3 is 13.3 Å². The third kappa shape index (κ3) is 4.38. The monoisotopic (exact) mass is 437 g/mol. The molecule has 1 unspecified atom stereocenters. The van der Waals surface area contributed by atoms with Gasteiger partial charge < -0.3 is 14.0 Å². The van der Waals surface area contributed by atoms with Crippen LogP contribution in [0.2, 0.25) is 0 Å². The van der Waals surface area contributed by atoms with Crippen LogP contribution in [0.1, 0.15) is 57.8 Å². The zero-order valence-corrected chi connectivity index (χ0v) is 18.1. The van der Waals surface area contributed by atoms with Crippen molar-refractivity contribution in [3.05, 3.63) is 42.0 Å². The first-order valence-electron chi connectivity index (χ1n) is 10.5. The Labute approximate surface area is 180 Å². The van der Waals surface area contributed by atoms with E-state index in [-0.39, 0.29) is 12.0 Å². The number of nitrogens with zero attached hydrogens (tertiary/aromatic N) is 3. The quantitative estimate of drug-likeness (QED) is 0.685. The second kappa shape index (κ2) is 7.90. The minimum absolute atomic E-state index is 0.165. The van der Waals surface area contributed by atoms with Crippen molar-refractivity contribution < 1.29 is 27.2 Å². The van der Waals surface area contributed by atoms with Gasteiger partial charge in [0, 0.05) is 37.3 Å². The summed E-state index contributed by atoms with van der Waals surface area (Å²) in [5.74, 6) is 0.165. The van der Waals surface area contributed by atoms with E-state index < -0.39 is 30.2 Å². The van der Waals surface area contributed by atoms with E-state index in [1.54, 1.807) is 10.9 Å². The molecule has 2 aliphatic rings. The number of pyridine rings is 1. The fourth-order valence-corrected chi connectivity index (χ4v) is 4.03. The standard InChI is InChI=1S/C21H27BF3N3O3/c1-19(2)20(3,4)31-22(30-19)16-12-27-28(13-16)18(14-7-9-29-10-8-14)15-5-6-17(26-11-15)21(23,24)25/h5-6,11-14,18H,7-10H2,1-4H3. The summed E-state index contributed by atoms with van der Waals surface area (Å²) >= 11 is 0. The molecule has 0 amide bonds. The van der Waals surface area contributed by atoms with Crippen LogP contribution in [-0.2, 0) is 20.2 Å². The Kier molecular flexibility index (Phi) is 5.68. The van der Waals surface area contributed by atoms with Crippen LogP contribution in [0, 0.1) is 5.92 Å². The lowest BCUT2D eigenvalue weighted by Crippen LogP contribution is -2.41. The van der Waals surface area contributed by atoms with Crippen molar-refractivity contribution in [2.75, 3.05) is 13.2 Å². The number of aromatic nitrogens is 3. The van der Waals surface area contributed by atoms with Gasteiger partial charge in [0.2, 0.25) is 0 Å². The molecule has 0 radical (unpaired) electrons. The summed E-state index contributed by atoms with van der Waals surface area (Å²) in [6.07, 6.45) is 1.97. The van der Waals surface area contributed by atoms with Crippen LogP contribution >= 0.6 is 0 Å². The highest BCUT2D eigenvalue weighted by Gasteiger charge is 2.52. The molecular formula is C21H27BF3N3O3. The van der Waals surface area contributed by atoms with E-state index >= 15 is 0 Å². The van der Waals surface area contributed by atoms with E-state index in [2.05, 4.69) is 10.1 Å². The van der Waals surface area contributed by atoms with E-state index in [0.717, 1.165) is 24.4 Å². The molecule has 2 aromatic heterocycles. The van der Waals surface area contributed by atoms with Gasteiger partial charge in [0.05, 0.1) is 17.2 Å². The van der Waals surface area contributed by atoms with E-state index in [4.69, 9.17) is 14.0 Å². The van der Waals surface area contributed by atoms with Gasteiger partial charge in [-0.2, -0.15) is 18.3 Å². The minimum Gasteiger partial charge on any atom is -0.399 e. The molecule has 0 bridgehead atoms. The second-order valence-corrected chi connectivity index (χ2v) is 9.21. The lowest BCUT2D eigenvalue weighted by molar-refractivity contribution is -0.141. The Hall–Kier alpha value is -1.91. The molecule has 2 aliphatic heterocycles. The normalized spacial score (nSPS) is 22.6. The molecule has 10 heteroatoms. The molecule has 2 aromatic rings. The highest BCUT2D eigenvalue weighted by Crippen LogP contribution is 2.37. The molecule has 0 aromatic carbocycles. The van der Waals surface area contributed by atoms with Crippen LogP contribution in [-0.4, -0.2) is 46.3 Å². The van der Waals surface area contributed by atoms with Gasteiger partial charge in [0.1, 0.15) is 5.69 Å². The van der Waals surface area contributed by atoms with E-state index in [0.29, 0.717) is 18.8 Å². The zero-order valence-electron chi connectivity index (χ0n) is 18.1. The first-order chi connectivity index (χ1) is 14.5. The van der Waals surface area contributed by atoms with Crippen molar-refractivity contribution in [1.82, 2.24) is 14.8 Å². The Morgan fingerprint density at radius 2 is 1.71 bits per heavy atom. The number of ether oxygens (including phenoxy) is 1. The van der Waals surface area contributed by atoms with Crippen LogP contribution in [0.4, 0.5) is 13.2 Å². The lowest BCUT2D eigenvalue weighted by Gasteiger charge is -2.32. The molecule has 4 heterocycles. The second-order valence-electron chi connectivity index (χ2n) is 9.21. The number of rotatable bonds is 4. The summed E-state index contributed by atoms with van der Waals surface area (Å²) in [6, 6.07) is 2.27. The maximum absolute atomic E-state index is 13.0. The van der Waals surface area contributed by atoms with Gasteiger partial charge in [-0.25, -0.2) is 0 Å². The van der Waals surface area contributed by atoms with Gasteiger partial charge in [-0.3, -0.25) is 9.67 Å². The van der Waals surface area contributed by atoms with Gasteiger partial charge in [-0.1, -0.05) is 6.07 Å². The van der Waals surface area contributed by atoms with Gasteiger partial charge in [0.25, 0.3) is 0 Å². The molecule has 2 saturated heterocycles. The summed E-state index contributed by atoms with van der Waals surface area (Å²) in [4.78, 5) is 3.67. The Bertz CT molecular complexity index is 893. The van der Waals surface area contributed by atoms with Crippen molar-refractivity contribution >= 4 is 12.6 Å². The Balaban J connectivity index is 1.64. The SMILES string of the molecule is CC1(C)OB(c2cnn(C(c3ccc(C(F)(F)F)nc3)C3CCOCC3)c2)OC1(C)C. The number of halogens is 3. The zero-order chi connectivity index (χ0) is 22.4. The lowest BCUT2D eigenvalue weighted by atomic mass is 9.81. The molecule has 4 rings (SSSR count). The van der Waals surface area contributed by atoms with Crippen LogP contribution in [0.25, 0.3) is 0 Å². The molecule has 0 N–H and O–H groups in total. The van der Waals surface area contributed by atoms with Crippen LogP contribution in [0.5, 0.6) is 0 Å². The summed E-state index contributed by atoms with van der Waals surface area (Å²) in [7, 11) is -0.556.